The third-order valence-electron chi connectivity index (χ3n) is 6.90. The van der Waals surface area contributed by atoms with E-state index in [1.54, 1.807) is 6.20 Å². The third kappa shape index (κ3) is 3.99. The van der Waals surface area contributed by atoms with Crippen LogP contribution in [0.4, 0.5) is 0 Å². The second-order valence-electron chi connectivity index (χ2n) is 9.00. The molecule has 0 radical (unpaired) electrons. The molecule has 1 aromatic carbocycles. The number of nitrogens with zero attached hydrogens (tertiary/aromatic N) is 4. The number of likely N-dealkylation sites (tertiary alicyclic amines) is 2. The lowest BCUT2D eigenvalue weighted by Crippen LogP contribution is -2.48. The van der Waals surface area contributed by atoms with Crippen molar-refractivity contribution < 1.29 is 9.59 Å². The molecule has 0 spiro atoms. The van der Waals surface area contributed by atoms with Crippen molar-refractivity contribution in [2.24, 2.45) is 5.92 Å². The van der Waals surface area contributed by atoms with E-state index >= 15 is 0 Å². The first-order valence-corrected chi connectivity index (χ1v) is 11.5. The van der Waals surface area contributed by atoms with E-state index < -0.39 is 0 Å². The minimum Gasteiger partial charge on any atom is -0.342 e. The number of aromatic nitrogens is 3. The summed E-state index contributed by atoms with van der Waals surface area (Å²) in [6.07, 6.45) is 5.27. The summed E-state index contributed by atoms with van der Waals surface area (Å²) in [5, 5.41) is 0. The summed E-state index contributed by atoms with van der Waals surface area (Å²) in [5.41, 5.74) is 3.43. The molecular weight excluding hydrogens is 402 g/mol. The van der Waals surface area contributed by atoms with Crippen LogP contribution < -0.4 is 0 Å². The van der Waals surface area contributed by atoms with Gasteiger partial charge in [-0.05, 0) is 56.4 Å². The van der Waals surface area contributed by atoms with E-state index in [9.17, 15) is 9.59 Å². The number of carbonyl (C=O) groups is 2. The molecule has 7 heteroatoms. The van der Waals surface area contributed by atoms with Crippen LogP contribution in [0.15, 0.2) is 42.6 Å². The zero-order chi connectivity index (χ0) is 22.1. The summed E-state index contributed by atoms with van der Waals surface area (Å²) in [4.78, 5) is 42.5. The summed E-state index contributed by atoms with van der Waals surface area (Å²) in [6, 6.07) is 11.6. The average molecular weight is 432 g/mol. The number of carbonyl (C=O) groups excluding carboxylic acids is 2. The van der Waals surface area contributed by atoms with Gasteiger partial charge in [-0.25, -0.2) is 9.97 Å². The largest absolute Gasteiger partial charge is 0.342 e. The second kappa shape index (κ2) is 8.73. The number of hydrogen-bond donors (Lipinski definition) is 1. The Kier molecular flexibility index (Phi) is 5.64. The van der Waals surface area contributed by atoms with Crippen LogP contribution in [0, 0.1) is 12.8 Å². The highest BCUT2D eigenvalue weighted by Gasteiger charge is 2.34. The van der Waals surface area contributed by atoms with Crippen LogP contribution in [0.3, 0.4) is 0 Å². The molecule has 2 fully saturated rings. The SMILES string of the molecule is Cc1ccccc1C(=O)N1CCCC(C(=O)N2CCC(c3nc4ncccc4[nH]3)CC2)C1. The van der Waals surface area contributed by atoms with Crippen LogP contribution in [0.25, 0.3) is 11.2 Å². The number of amides is 2. The Morgan fingerprint density at radius 2 is 1.81 bits per heavy atom. The predicted octanol–water partition coefficient (Wildman–Crippen LogP) is 3.52. The second-order valence-corrected chi connectivity index (χ2v) is 9.00. The van der Waals surface area contributed by atoms with Crippen LogP contribution in [0.2, 0.25) is 0 Å². The van der Waals surface area contributed by atoms with Gasteiger partial charge in [0.2, 0.25) is 5.91 Å². The van der Waals surface area contributed by atoms with Crippen LogP contribution in [-0.2, 0) is 4.79 Å². The molecule has 4 heterocycles. The maximum Gasteiger partial charge on any atom is 0.254 e. The Balaban J connectivity index is 1.20. The van der Waals surface area contributed by atoms with Crippen molar-refractivity contribution in [3.63, 3.8) is 0 Å². The van der Waals surface area contributed by atoms with Crippen molar-refractivity contribution in [2.45, 2.75) is 38.5 Å². The lowest BCUT2D eigenvalue weighted by Gasteiger charge is -2.37. The smallest absolute Gasteiger partial charge is 0.254 e. The molecule has 2 aromatic heterocycles. The number of fused-ring (bicyclic) bond motifs is 1. The van der Waals surface area contributed by atoms with E-state index in [0.29, 0.717) is 12.5 Å². The summed E-state index contributed by atoms with van der Waals surface area (Å²) < 4.78 is 0. The Morgan fingerprint density at radius 1 is 1.00 bits per heavy atom. The van der Waals surface area contributed by atoms with E-state index in [0.717, 1.165) is 73.4 Å². The molecule has 2 saturated heterocycles. The van der Waals surface area contributed by atoms with Crippen molar-refractivity contribution in [3.05, 3.63) is 59.5 Å². The number of imidazole rings is 1. The zero-order valence-corrected chi connectivity index (χ0v) is 18.5. The molecule has 0 saturated carbocycles. The first-order valence-electron chi connectivity index (χ1n) is 11.5. The molecular formula is C25H29N5O2. The molecule has 32 heavy (non-hydrogen) atoms. The Hall–Kier alpha value is -3.22. The molecule has 1 atom stereocenters. The maximum absolute atomic E-state index is 13.3. The van der Waals surface area contributed by atoms with E-state index in [2.05, 4.69) is 15.0 Å². The fraction of sp³-hybridized carbons (Fsp3) is 0.440. The van der Waals surface area contributed by atoms with Crippen molar-refractivity contribution in [1.29, 1.82) is 0 Å². The summed E-state index contributed by atoms with van der Waals surface area (Å²) >= 11 is 0. The topological polar surface area (TPSA) is 82.2 Å². The van der Waals surface area contributed by atoms with Gasteiger partial charge >= 0.3 is 0 Å². The van der Waals surface area contributed by atoms with Gasteiger partial charge in [-0.15, -0.1) is 0 Å². The predicted molar refractivity (Wildman–Crippen MR) is 122 cm³/mol. The minimum absolute atomic E-state index is 0.0396. The standard InChI is InChI=1S/C25H29N5O2/c1-17-6-2-3-8-20(17)25(32)30-13-5-7-19(16-30)24(31)29-14-10-18(11-15-29)22-27-21-9-4-12-26-23(21)28-22/h2-4,6,8-9,12,18-19H,5,7,10-11,13-16H2,1H3,(H,26,27,28). The number of pyridine rings is 1. The van der Waals surface area contributed by atoms with Gasteiger partial charge in [0, 0.05) is 43.9 Å². The molecule has 1 unspecified atom stereocenters. The van der Waals surface area contributed by atoms with Crippen molar-refractivity contribution in [2.75, 3.05) is 26.2 Å². The highest BCUT2D eigenvalue weighted by molar-refractivity contribution is 5.96. The molecule has 166 valence electrons. The summed E-state index contributed by atoms with van der Waals surface area (Å²) in [5.74, 6) is 1.41. The Labute approximate surface area is 187 Å². The van der Waals surface area contributed by atoms with E-state index in [4.69, 9.17) is 0 Å². The highest BCUT2D eigenvalue weighted by atomic mass is 16.2. The number of rotatable bonds is 3. The molecule has 1 N–H and O–H groups in total. The molecule has 0 bridgehead atoms. The van der Waals surface area contributed by atoms with Gasteiger partial charge in [-0.1, -0.05) is 18.2 Å². The lowest BCUT2D eigenvalue weighted by molar-refractivity contribution is -0.138. The molecule has 5 rings (SSSR count). The first kappa shape index (κ1) is 20.7. The number of hydrogen-bond acceptors (Lipinski definition) is 4. The van der Waals surface area contributed by atoms with Crippen LogP contribution >= 0.6 is 0 Å². The van der Waals surface area contributed by atoms with Gasteiger partial charge in [0.1, 0.15) is 5.82 Å². The third-order valence-corrected chi connectivity index (χ3v) is 6.90. The van der Waals surface area contributed by atoms with Gasteiger partial charge in [0.05, 0.1) is 11.4 Å². The molecule has 3 aromatic rings. The normalized spacial score (nSPS) is 20.0. The Morgan fingerprint density at radius 3 is 2.59 bits per heavy atom. The van der Waals surface area contributed by atoms with Crippen LogP contribution in [0.5, 0.6) is 0 Å². The van der Waals surface area contributed by atoms with Gasteiger partial charge in [-0.3, -0.25) is 9.59 Å². The lowest BCUT2D eigenvalue weighted by atomic mass is 9.92. The number of aryl methyl sites for hydroxylation is 1. The summed E-state index contributed by atoms with van der Waals surface area (Å²) in [7, 11) is 0. The van der Waals surface area contributed by atoms with Crippen molar-refractivity contribution in [3.8, 4) is 0 Å². The average Bonchev–Trinajstić information content (AvgIpc) is 3.28. The zero-order valence-electron chi connectivity index (χ0n) is 18.5. The van der Waals surface area contributed by atoms with E-state index in [1.807, 2.05) is 53.1 Å². The van der Waals surface area contributed by atoms with Crippen LogP contribution in [-0.4, -0.2) is 62.7 Å². The maximum atomic E-state index is 13.3. The van der Waals surface area contributed by atoms with Crippen LogP contribution in [0.1, 0.15) is 53.3 Å². The number of H-pyrrole nitrogens is 1. The van der Waals surface area contributed by atoms with Crippen molar-refractivity contribution in [1.82, 2.24) is 24.8 Å². The number of piperidine rings is 2. The highest BCUT2D eigenvalue weighted by Crippen LogP contribution is 2.29. The van der Waals surface area contributed by atoms with E-state index in [-0.39, 0.29) is 17.7 Å². The molecule has 2 aliphatic rings. The van der Waals surface area contributed by atoms with Crippen molar-refractivity contribution >= 4 is 23.0 Å². The quantitative estimate of drug-likeness (QED) is 0.688. The fourth-order valence-corrected chi connectivity index (χ4v) is 5.03. The molecule has 2 aliphatic heterocycles. The fourth-order valence-electron chi connectivity index (χ4n) is 5.03. The summed E-state index contributed by atoms with van der Waals surface area (Å²) in [6.45, 7) is 4.66. The molecule has 2 amide bonds. The van der Waals surface area contributed by atoms with Gasteiger partial charge in [0.15, 0.2) is 5.65 Å². The Bertz CT molecular complexity index is 1100. The van der Waals surface area contributed by atoms with Gasteiger partial charge < -0.3 is 14.8 Å². The molecule has 7 nitrogen and oxygen atoms in total. The molecule has 0 aliphatic carbocycles. The number of benzene rings is 1. The monoisotopic (exact) mass is 431 g/mol. The van der Waals surface area contributed by atoms with E-state index in [1.165, 1.54) is 0 Å². The van der Waals surface area contributed by atoms with Gasteiger partial charge in [0.25, 0.3) is 5.91 Å². The number of nitrogens with one attached hydrogen (secondary N) is 1. The first-order chi connectivity index (χ1) is 15.6. The minimum atomic E-state index is -0.108. The van der Waals surface area contributed by atoms with Gasteiger partial charge in [-0.2, -0.15) is 0 Å². The number of aromatic amines is 1.